The van der Waals surface area contributed by atoms with E-state index in [1.807, 2.05) is 0 Å². The first-order chi connectivity index (χ1) is 15.2. The van der Waals surface area contributed by atoms with Crippen LogP contribution in [0.5, 0.6) is 0 Å². The summed E-state index contributed by atoms with van der Waals surface area (Å²) >= 11 is 0. The summed E-state index contributed by atoms with van der Waals surface area (Å²) in [5, 5.41) is 37.8. The van der Waals surface area contributed by atoms with Gasteiger partial charge >= 0.3 is 83.0 Å². The van der Waals surface area contributed by atoms with Gasteiger partial charge in [-0.15, -0.1) is 0 Å². The molecule has 0 aliphatic rings. The third-order valence-electron chi connectivity index (χ3n) is 4.72. The van der Waals surface area contributed by atoms with Crippen LogP contribution in [0.2, 0.25) is 0 Å². The molecule has 0 fully saturated rings. The molecule has 2 aromatic rings. The molecule has 0 spiro atoms. The van der Waals surface area contributed by atoms with Gasteiger partial charge in [0.1, 0.15) is 0 Å². The fourth-order valence-corrected chi connectivity index (χ4v) is 3.69. The summed E-state index contributed by atoms with van der Waals surface area (Å²) < 4.78 is 0. The van der Waals surface area contributed by atoms with Crippen LogP contribution in [0.1, 0.15) is 26.1 Å². The van der Waals surface area contributed by atoms with Crippen LogP contribution in [-0.2, 0) is 19.2 Å². The van der Waals surface area contributed by atoms with Crippen molar-refractivity contribution in [3.05, 3.63) is 71.8 Å². The zero-order chi connectivity index (χ0) is 23.7. The van der Waals surface area contributed by atoms with E-state index in [-0.39, 0.29) is 62.0 Å². The van der Waals surface area contributed by atoms with Gasteiger partial charge in [0.25, 0.3) is 0 Å². The maximum absolute atomic E-state index is 11.6. The Morgan fingerprint density at radius 3 is 1.00 bits per heavy atom. The van der Waals surface area contributed by atoms with E-state index in [1.165, 1.54) is 9.80 Å². The smallest absolute Gasteiger partial charge is 1.00 e. The molecule has 0 aromatic heterocycles. The van der Waals surface area contributed by atoms with Crippen molar-refractivity contribution >= 4 is 23.9 Å². The SMILES string of the molecule is O=C(O)CN(CC(=O)O)C(c1ccccc1)C(c1ccccc1)N(CC(=O)O)CC(=O)O.[H-].[H-].[Na+].[Na+]. The Kier molecular flexibility index (Phi) is 15.2. The molecule has 12 heteroatoms. The van der Waals surface area contributed by atoms with E-state index in [9.17, 15) is 39.6 Å². The topological polar surface area (TPSA) is 156 Å². The molecule has 2 unspecified atom stereocenters. The van der Waals surface area contributed by atoms with Gasteiger partial charge in [0, 0.05) is 0 Å². The van der Waals surface area contributed by atoms with Crippen molar-refractivity contribution in [3.63, 3.8) is 0 Å². The molecular formula is C22H26N2Na2O8. The van der Waals surface area contributed by atoms with Crippen LogP contribution in [-0.4, -0.2) is 80.3 Å². The molecule has 174 valence electrons. The zero-order valence-corrected chi connectivity index (χ0v) is 23.1. The average molecular weight is 492 g/mol. The first-order valence-corrected chi connectivity index (χ1v) is 9.64. The minimum absolute atomic E-state index is 0. The minimum atomic E-state index is -1.28. The normalized spacial score (nSPS) is 12.2. The molecule has 0 aliphatic carbocycles. The van der Waals surface area contributed by atoms with Gasteiger partial charge < -0.3 is 23.3 Å². The van der Waals surface area contributed by atoms with E-state index in [1.54, 1.807) is 60.7 Å². The summed E-state index contributed by atoms with van der Waals surface area (Å²) in [6, 6.07) is 14.9. The maximum Gasteiger partial charge on any atom is 1.00 e. The standard InChI is InChI=1S/C22H24N2O8.2Na.2H/c25-17(26)11-23(12-18(27)28)21(15-7-3-1-4-8-15)22(16-9-5-2-6-10-16)24(13-19(29)30)14-20(31)32;;;;/h1-10,21-22H,11-14H2,(H,25,26)(H,27,28)(H,29,30)(H,31,32);;;;/q;2*+1;2*-1. The van der Waals surface area contributed by atoms with Gasteiger partial charge in [0.05, 0.1) is 38.3 Å². The number of hydrogen-bond acceptors (Lipinski definition) is 6. The Morgan fingerprint density at radius 1 is 0.559 bits per heavy atom. The van der Waals surface area contributed by atoms with Gasteiger partial charge in [0.2, 0.25) is 0 Å². The summed E-state index contributed by atoms with van der Waals surface area (Å²) in [4.78, 5) is 48.7. The third-order valence-corrected chi connectivity index (χ3v) is 4.72. The zero-order valence-electron chi connectivity index (χ0n) is 21.1. The Morgan fingerprint density at radius 2 is 0.794 bits per heavy atom. The first kappa shape index (κ1) is 32.2. The number of benzene rings is 2. The summed E-state index contributed by atoms with van der Waals surface area (Å²) in [6.07, 6.45) is 0. The van der Waals surface area contributed by atoms with Crippen molar-refractivity contribution in [2.75, 3.05) is 26.2 Å². The fraction of sp³-hybridized carbons (Fsp3) is 0.273. The molecule has 2 atom stereocenters. The van der Waals surface area contributed by atoms with E-state index in [4.69, 9.17) is 0 Å². The summed E-state index contributed by atoms with van der Waals surface area (Å²) in [5.74, 6) is -5.10. The van der Waals surface area contributed by atoms with Crippen molar-refractivity contribution in [2.45, 2.75) is 12.1 Å². The monoisotopic (exact) mass is 492 g/mol. The van der Waals surface area contributed by atoms with Crippen LogP contribution in [0.25, 0.3) is 0 Å². The summed E-state index contributed by atoms with van der Waals surface area (Å²) in [6.45, 7) is -2.60. The number of carbonyl (C=O) groups is 4. The van der Waals surface area contributed by atoms with Gasteiger partial charge in [-0.05, 0) is 11.1 Å². The van der Waals surface area contributed by atoms with Crippen LogP contribution in [0.4, 0.5) is 0 Å². The first-order valence-electron chi connectivity index (χ1n) is 9.64. The van der Waals surface area contributed by atoms with Gasteiger partial charge in [-0.1, -0.05) is 60.7 Å². The molecule has 0 radical (unpaired) electrons. The molecule has 0 saturated carbocycles. The quantitative estimate of drug-likeness (QED) is 0.202. The van der Waals surface area contributed by atoms with Gasteiger partial charge in [-0.2, -0.15) is 0 Å². The predicted molar refractivity (Wildman–Crippen MR) is 114 cm³/mol. The second-order valence-electron chi connectivity index (χ2n) is 7.10. The molecule has 2 aromatic carbocycles. The molecule has 10 nitrogen and oxygen atoms in total. The molecule has 0 amide bonds. The van der Waals surface area contributed by atoms with E-state index < -0.39 is 62.1 Å². The van der Waals surface area contributed by atoms with Crippen molar-refractivity contribution < 1.29 is 102 Å². The molecule has 34 heavy (non-hydrogen) atoms. The minimum Gasteiger partial charge on any atom is -1.00 e. The molecule has 4 N–H and O–H groups in total. The second-order valence-corrected chi connectivity index (χ2v) is 7.10. The van der Waals surface area contributed by atoms with Gasteiger partial charge in [0.15, 0.2) is 0 Å². The van der Waals surface area contributed by atoms with Crippen molar-refractivity contribution in [2.24, 2.45) is 0 Å². The number of aliphatic carboxylic acids is 4. The number of hydrogen-bond donors (Lipinski definition) is 4. The van der Waals surface area contributed by atoms with Gasteiger partial charge in [-0.25, -0.2) is 0 Å². The van der Waals surface area contributed by atoms with Crippen LogP contribution in [0.15, 0.2) is 60.7 Å². The number of rotatable bonds is 13. The van der Waals surface area contributed by atoms with Crippen molar-refractivity contribution in [1.29, 1.82) is 0 Å². The van der Waals surface area contributed by atoms with Crippen LogP contribution in [0, 0.1) is 0 Å². The predicted octanol–water partition coefficient (Wildman–Crippen LogP) is -4.36. The van der Waals surface area contributed by atoms with Crippen molar-refractivity contribution in [3.8, 4) is 0 Å². The molecule has 0 bridgehead atoms. The largest absolute Gasteiger partial charge is 1.00 e. The number of nitrogens with zero attached hydrogens (tertiary/aromatic N) is 2. The molecule has 0 saturated heterocycles. The Labute approximate surface area is 243 Å². The van der Waals surface area contributed by atoms with E-state index in [0.29, 0.717) is 11.1 Å². The van der Waals surface area contributed by atoms with Crippen LogP contribution >= 0.6 is 0 Å². The maximum atomic E-state index is 11.6. The Balaban J connectivity index is -0.00000272. The summed E-state index contributed by atoms with van der Waals surface area (Å²) in [7, 11) is 0. The van der Waals surface area contributed by atoms with Crippen molar-refractivity contribution in [1.82, 2.24) is 9.80 Å². The van der Waals surface area contributed by atoms with Crippen LogP contribution in [0.3, 0.4) is 0 Å². The molecule has 0 aliphatic heterocycles. The Bertz CT molecular complexity index is 848. The van der Waals surface area contributed by atoms with E-state index >= 15 is 0 Å². The third kappa shape index (κ3) is 10.2. The second kappa shape index (κ2) is 16.0. The molecular weight excluding hydrogens is 466 g/mol. The fourth-order valence-electron chi connectivity index (χ4n) is 3.69. The average Bonchev–Trinajstić information content (AvgIpc) is 2.71. The molecule has 0 heterocycles. The Hall–Kier alpha value is -1.76. The summed E-state index contributed by atoms with van der Waals surface area (Å²) in [5.41, 5.74) is 1.04. The van der Waals surface area contributed by atoms with E-state index in [0.717, 1.165) is 0 Å². The van der Waals surface area contributed by atoms with Gasteiger partial charge in [-0.3, -0.25) is 29.0 Å². The number of carboxylic acids is 4. The molecule has 2 rings (SSSR count). The number of carboxylic acid groups (broad SMARTS) is 4. The van der Waals surface area contributed by atoms with Crippen LogP contribution < -0.4 is 59.1 Å². The van der Waals surface area contributed by atoms with E-state index in [2.05, 4.69) is 0 Å².